The summed E-state index contributed by atoms with van der Waals surface area (Å²) < 4.78 is 30.0. The molecule has 202 valence electrons. The molecular weight excluding hydrogens is 499 g/mol. The van der Waals surface area contributed by atoms with E-state index < -0.39 is 0 Å². The second kappa shape index (κ2) is 11.7. The van der Waals surface area contributed by atoms with Gasteiger partial charge in [-0.05, 0) is 104 Å². The van der Waals surface area contributed by atoms with E-state index in [0.29, 0.717) is 60.3 Å². The first kappa shape index (κ1) is 26.4. The van der Waals surface area contributed by atoms with E-state index in [4.69, 9.17) is 13.9 Å². The number of benzene rings is 3. The maximum Gasteiger partial charge on any atom is 0.305 e. The highest BCUT2D eigenvalue weighted by Gasteiger charge is 2.29. The van der Waals surface area contributed by atoms with E-state index in [2.05, 4.69) is 16.7 Å². The Morgan fingerprint density at radius 3 is 2.36 bits per heavy atom. The molecule has 0 bridgehead atoms. The summed E-state index contributed by atoms with van der Waals surface area (Å²) in [6, 6.07) is 17.2. The second-order valence-electron chi connectivity index (χ2n) is 9.64. The van der Waals surface area contributed by atoms with Crippen molar-refractivity contribution in [2.24, 2.45) is 0 Å². The van der Waals surface area contributed by atoms with Gasteiger partial charge in [0, 0.05) is 31.0 Å². The molecule has 1 fully saturated rings. The molecule has 5 rings (SSSR count). The van der Waals surface area contributed by atoms with Gasteiger partial charge in [0.15, 0.2) is 0 Å². The molecule has 1 amide bonds. The number of methoxy groups -OCH3 is 1. The summed E-state index contributed by atoms with van der Waals surface area (Å²) in [7, 11) is 3.01. The van der Waals surface area contributed by atoms with Crippen LogP contribution in [0.1, 0.15) is 53.1 Å². The van der Waals surface area contributed by atoms with Crippen molar-refractivity contribution in [2.45, 2.75) is 38.1 Å². The van der Waals surface area contributed by atoms with E-state index in [0.717, 1.165) is 29.4 Å². The highest BCUT2D eigenvalue weighted by atomic mass is 19.1. The fraction of sp³-hybridized carbons (Fsp3) is 0.290. The number of fused-ring (bicyclic) bond motifs is 1. The SMILES string of the molecule is CNC(=O)c1c(-c2ccc(Oc3ccc(F)cc3)cc2)oc2cc(CNCCCC(=O)OC)c(C3CC3)cc12. The van der Waals surface area contributed by atoms with Crippen molar-refractivity contribution in [1.82, 2.24) is 10.6 Å². The van der Waals surface area contributed by atoms with Gasteiger partial charge in [-0.25, -0.2) is 4.39 Å². The number of carbonyl (C=O) groups excluding carboxylic acids is 2. The summed E-state index contributed by atoms with van der Waals surface area (Å²) >= 11 is 0. The van der Waals surface area contributed by atoms with Crippen LogP contribution in [-0.4, -0.2) is 32.6 Å². The molecule has 2 N–H and O–H groups in total. The number of hydrogen-bond acceptors (Lipinski definition) is 6. The van der Waals surface area contributed by atoms with E-state index in [9.17, 15) is 14.0 Å². The van der Waals surface area contributed by atoms with Crippen LogP contribution in [0.3, 0.4) is 0 Å². The summed E-state index contributed by atoms with van der Waals surface area (Å²) in [4.78, 5) is 24.4. The van der Waals surface area contributed by atoms with Crippen molar-refractivity contribution in [3.63, 3.8) is 0 Å². The molecule has 4 aromatic rings. The minimum absolute atomic E-state index is 0.211. The number of amides is 1. The molecule has 1 saturated carbocycles. The number of hydrogen-bond donors (Lipinski definition) is 2. The quantitative estimate of drug-likeness (QED) is 0.174. The molecule has 39 heavy (non-hydrogen) atoms. The van der Waals surface area contributed by atoms with Gasteiger partial charge in [0.2, 0.25) is 0 Å². The fourth-order valence-corrected chi connectivity index (χ4v) is 4.68. The molecule has 0 radical (unpaired) electrons. The average molecular weight is 531 g/mol. The minimum Gasteiger partial charge on any atom is -0.469 e. The molecule has 0 saturated heterocycles. The first-order valence-corrected chi connectivity index (χ1v) is 13.1. The normalized spacial score (nSPS) is 12.9. The Bertz CT molecular complexity index is 1470. The maximum absolute atomic E-state index is 13.2. The van der Waals surface area contributed by atoms with Crippen molar-refractivity contribution < 1.29 is 27.9 Å². The summed E-state index contributed by atoms with van der Waals surface area (Å²) in [5.41, 5.74) is 4.25. The summed E-state index contributed by atoms with van der Waals surface area (Å²) in [5.74, 6) is 1.31. The standard InChI is InChI=1S/C31H31FN2O5/c1-33-31(36)29-26-17-25(19-5-6-19)21(18-34-15-3-4-28(35)37-2)16-27(26)39-30(29)20-7-11-23(12-8-20)38-24-13-9-22(32)10-14-24/h7-14,16-17,19,34H,3-6,15,18H2,1-2H3,(H,33,36). The number of nitrogens with one attached hydrogen (secondary N) is 2. The van der Waals surface area contributed by atoms with E-state index in [1.165, 1.54) is 24.8 Å². The fourth-order valence-electron chi connectivity index (χ4n) is 4.68. The van der Waals surface area contributed by atoms with Crippen molar-refractivity contribution in [3.05, 3.63) is 83.2 Å². The van der Waals surface area contributed by atoms with Crippen LogP contribution in [0.15, 0.2) is 65.1 Å². The first-order valence-electron chi connectivity index (χ1n) is 13.1. The topological polar surface area (TPSA) is 89.8 Å². The van der Waals surface area contributed by atoms with Gasteiger partial charge in [-0.3, -0.25) is 9.59 Å². The van der Waals surface area contributed by atoms with E-state index >= 15 is 0 Å². The Kier molecular flexibility index (Phi) is 7.93. The molecule has 8 heteroatoms. The zero-order valence-electron chi connectivity index (χ0n) is 22.0. The van der Waals surface area contributed by atoms with Crippen LogP contribution >= 0.6 is 0 Å². The van der Waals surface area contributed by atoms with Crippen LogP contribution in [0.2, 0.25) is 0 Å². The Balaban J connectivity index is 1.43. The highest BCUT2D eigenvalue weighted by molar-refractivity contribution is 6.11. The molecule has 7 nitrogen and oxygen atoms in total. The predicted molar refractivity (Wildman–Crippen MR) is 146 cm³/mol. The molecule has 0 spiro atoms. The first-order chi connectivity index (χ1) is 19.0. The molecule has 1 heterocycles. The molecule has 1 aliphatic rings. The molecule has 0 aliphatic heterocycles. The predicted octanol–water partition coefficient (Wildman–Crippen LogP) is 6.31. The third-order valence-electron chi connectivity index (χ3n) is 6.86. The van der Waals surface area contributed by atoms with Gasteiger partial charge in [-0.2, -0.15) is 0 Å². The van der Waals surface area contributed by atoms with Crippen LogP contribution in [-0.2, 0) is 16.1 Å². The van der Waals surface area contributed by atoms with Crippen molar-refractivity contribution in [2.75, 3.05) is 20.7 Å². The third kappa shape index (κ3) is 6.12. The Morgan fingerprint density at radius 2 is 1.72 bits per heavy atom. The zero-order chi connectivity index (χ0) is 27.4. The number of rotatable bonds is 11. The van der Waals surface area contributed by atoms with Crippen LogP contribution in [0.25, 0.3) is 22.3 Å². The molecule has 1 aromatic heterocycles. The van der Waals surface area contributed by atoms with Crippen molar-refractivity contribution in [1.29, 1.82) is 0 Å². The number of furan rings is 1. The van der Waals surface area contributed by atoms with Crippen LogP contribution in [0.4, 0.5) is 4.39 Å². The van der Waals surface area contributed by atoms with Crippen LogP contribution in [0.5, 0.6) is 11.5 Å². The van der Waals surface area contributed by atoms with Crippen LogP contribution in [0, 0.1) is 5.82 Å². The number of carbonyl (C=O) groups is 2. The minimum atomic E-state index is -0.327. The second-order valence-corrected chi connectivity index (χ2v) is 9.64. The van der Waals surface area contributed by atoms with Crippen molar-refractivity contribution >= 4 is 22.8 Å². The van der Waals surface area contributed by atoms with E-state index in [1.54, 1.807) is 31.3 Å². The Labute approximate surface area is 226 Å². The molecule has 1 aliphatic carbocycles. The van der Waals surface area contributed by atoms with Gasteiger partial charge in [0.05, 0.1) is 12.7 Å². The smallest absolute Gasteiger partial charge is 0.305 e. The molecule has 3 aromatic carbocycles. The van der Waals surface area contributed by atoms with Gasteiger partial charge in [-0.15, -0.1) is 0 Å². The van der Waals surface area contributed by atoms with Gasteiger partial charge in [-0.1, -0.05) is 0 Å². The highest BCUT2D eigenvalue weighted by Crippen LogP contribution is 2.45. The zero-order valence-corrected chi connectivity index (χ0v) is 22.0. The lowest BCUT2D eigenvalue weighted by molar-refractivity contribution is -0.140. The maximum atomic E-state index is 13.2. The lowest BCUT2D eigenvalue weighted by atomic mass is 9.97. The summed E-state index contributed by atoms with van der Waals surface area (Å²) in [6.07, 6.45) is 3.32. The van der Waals surface area contributed by atoms with Gasteiger partial charge in [0.25, 0.3) is 5.91 Å². The lowest BCUT2D eigenvalue weighted by Gasteiger charge is -2.11. The Hall–Kier alpha value is -4.17. The van der Waals surface area contributed by atoms with E-state index in [1.807, 2.05) is 18.2 Å². The number of esters is 1. The Morgan fingerprint density at radius 1 is 1.03 bits per heavy atom. The molecule has 0 atom stereocenters. The summed E-state index contributed by atoms with van der Waals surface area (Å²) in [5, 5.41) is 6.96. The monoisotopic (exact) mass is 530 g/mol. The van der Waals surface area contributed by atoms with Crippen LogP contribution < -0.4 is 15.4 Å². The van der Waals surface area contributed by atoms with Gasteiger partial charge >= 0.3 is 5.97 Å². The third-order valence-corrected chi connectivity index (χ3v) is 6.86. The van der Waals surface area contributed by atoms with E-state index in [-0.39, 0.29) is 17.7 Å². The number of ether oxygens (including phenoxy) is 2. The van der Waals surface area contributed by atoms with Crippen molar-refractivity contribution in [3.8, 4) is 22.8 Å². The molecule has 0 unspecified atom stereocenters. The van der Waals surface area contributed by atoms with Gasteiger partial charge < -0.3 is 24.5 Å². The molecular formula is C31H31FN2O5. The lowest BCUT2D eigenvalue weighted by Crippen LogP contribution is -2.18. The largest absolute Gasteiger partial charge is 0.469 e. The average Bonchev–Trinajstić information content (AvgIpc) is 3.73. The number of halogens is 1. The van der Waals surface area contributed by atoms with Gasteiger partial charge in [0.1, 0.15) is 28.7 Å². The summed E-state index contributed by atoms with van der Waals surface area (Å²) in [6.45, 7) is 1.33.